The van der Waals surface area contributed by atoms with E-state index in [4.69, 9.17) is 0 Å². The number of amides is 1. The molecule has 0 aliphatic carbocycles. The van der Waals surface area contributed by atoms with Crippen LogP contribution >= 0.6 is 0 Å². The second-order valence-electron chi connectivity index (χ2n) is 7.88. The first kappa shape index (κ1) is 15.5. The molecule has 1 N–H and O–H groups in total. The van der Waals surface area contributed by atoms with E-state index in [-0.39, 0.29) is 11.3 Å². The summed E-state index contributed by atoms with van der Waals surface area (Å²) in [5, 5.41) is 3.48. The van der Waals surface area contributed by atoms with Crippen LogP contribution in [0.2, 0.25) is 0 Å². The Labute approximate surface area is 134 Å². The number of rotatable bonds is 1. The number of hydrogen-bond acceptors (Lipinski definition) is 2. The molecule has 1 amide bonds. The molecule has 2 aliphatic rings. The average Bonchev–Trinajstić information content (AvgIpc) is 2.85. The molecule has 3 nitrogen and oxygen atoms in total. The van der Waals surface area contributed by atoms with E-state index in [9.17, 15) is 4.79 Å². The molecule has 3 heteroatoms. The molecule has 2 fully saturated rings. The summed E-state index contributed by atoms with van der Waals surface area (Å²) in [7, 11) is 0. The van der Waals surface area contributed by atoms with Crippen molar-refractivity contribution < 1.29 is 4.79 Å². The number of nitrogens with zero attached hydrogens (tertiary/aromatic N) is 1. The number of likely N-dealkylation sites (tertiary alicyclic amines) is 1. The number of hydrogen-bond donors (Lipinski definition) is 1. The Morgan fingerprint density at radius 2 is 1.59 bits per heavy atom. The highest BCUT2D eigenvalue weighted by Gasteiger charge is 2.31. The van der Waals surface area contributed by atoms with E-state index in [1.165, 1.54) is 5.56 Å². The van der Waals surface area contributed by atoms with Crippen molar-refractivity contribution >= 4 is 5.91 Å². The molecule has 2 aliphatic heterocycles. The van der Waals surface area contributed by atoms with Gasteiger partial charge in [0.1, 0.15) is 0 Å². The average molecular weight is 300 g/mol. The van der Waals surface area contributed by atoms with Gasteiger partial charge in [-0.15, -0.1) is 0 Å². The number of fused-ring (bicyclic) bond motifs is 1. The fraction of sp³-hybridized carbons (Fsp3) is 0.632. The number of carbonyl (C=O) groups excluding carboxylic acids is 1. The highest BCUT2D eigenvalue weighted by molar-refractivity contribution is 5.94. The van der Waals surface area contributed by atoms with Gasteiger partial charge in [0.15, 0.2) is 0 Å². The van der Waals surface area contributed by atoms with Crippen molar-refractivity contribution in [1.82, 2.24) is 10.2 Å². The molecule has 0 aromatic heterocycles. The molecule has 22 heavy (non-hydrogen) atoms. The molecule has 1 aromatic rings. The minimum absolute atomic E-state index is 0.134. The predicted molar refractivity (Wildman–Crippen MR) is 90.1 cm³/mol. The summed E-state index contributed by atoms with van der Waals surface area (Å²) in [6.45, 7) is 10.7. The Morgan fingerprint density at radius 3 is 2.09 bits per heavy atom. The lowest BCUT2D eigenvalue weighted by Crippen LogP contribution is -2.32. The topological polar surface area (TPSA) is 32.3 Å². The van der Waals surface area contributed by atoms with E-state index >= 15 is 0 Å². The summed E-state index contributed by atoms with van der Waals surface area (Å²) in [5.41, 5.74) is 2.24. The van der Waals surface area contributed by atoms with E-state index in [1.54, 1.807) is 0 Å². The van der Waals surface area contributed by atoms with E-state index in [0.29, 0.717) is 0 Å². The van der Waals surface area contributed by atoms with Crippen molar-refractivity contribution in [2.45, 2.75) is 39.0 Å². The Morgan fingerprint density at radius 1 is 1.05 bits per heavy atom. The highest BCUT2D eigenvalue weighted by Crippen LogP contribution is 2.28. The van der Waals surface area contributed by atoms with Crippen LogP contribution in [0, 0.1) is 11.8 Å². The molecular formula is C19H28N2O. The van der Waals surface area contributed by atoms with Gasteiger partial charge in [-0.3, -0.25) is 4.79 Å². The van der Waals surface area contributed by atoms with Crippen LogP contribution in [-0.4, -0.2) is 37.0 Å². The van der Waals surface area contributed by atoms with Gasteiger partial charge in [-0.1, -0.05) is 32.9 Å². The highest BCUT2D eigenvalue weighted by atomic mass is 16.2. The largest absolute Gasteiger partial charge is 0.339 e. The third kappa shape index (κ3) is 3.19. The van der Waals surface area contributed by atoms with Crippen molar-refractivity contribution in [3.8, 4) is 0 Å². The van der Waals surface area contributed by atoms with Gasteiger partial charge in [0.2, 0.25) is 0 Å². The molecule has 1 aromatic carbocycles. The molecular weight excluding hydrogens is 272 g/mol. The molecule has 0 saturated carbocycles. The van der Waals surface area contributed by atoms with E-state index < -0.39 is 0 Å². The summed E-state index contributed by atoms with van der Waals surface area (Å²) >= 11 is 0. The first-order valence-corrected chi connectivity index (χ1v) is 8.55. The van der Waals surface area contributed by atoms with Gasteiger partial charge in [-0.25, -0.2) is 0 Å². The molecule has 0 radical (unpaired) electrons. The fourth-order valence-corrected chi connectivity index (χ4v) is 3.72. The first-order valence-electron chi connectivity index (χ1n) is 8.55. The predicted octanol–water partition coefficient (Wildman–Crippen LogP) is 3.06. The van der Waals surface area contributed by atoms with E-state index in [0.717, 1.165) is 56.4 Å². The molecule has 3 rings (SSSR count). The van der Waals surface area contributed by atoms with Gasteiger partial charge in [0.25, 0.3) is 5.91 Å². The fourth-order valence-electron chi connectivity index (χ4n) is 3.72. The van der Waals surface area contributed by atoms with E-state index in [1.807, 2.05) is 12.1 Å². The second-order valence-corrected chi connectivity index (χ2v) is 7.88. The Hall–Kier alpha value is -1.35. The van der Waals surface area contributed by atoms with Crippen LogP contribution in [0.3, 0.4) is 0 Å². The minimum Gasteiger partial charge on any atom is -0.339 e. The Bertz CT molecular complexity index is 515. The maximum absolute atomic E-state index is 12.7. The third-order valence-corrected chi connectivity index (χ3v) is 5.30. The Balaban J connectivity index is 1.68. The second kappa shape index (κ2) is 6.04. The molecule has 0 unspecified atom stereocenters. The van der Waals surface area contributed by atoms with Crippen LogP contribution in [0.1, 0.15) is 49.5 Å². The lowest BCUT2D eigenvalue weighted by atomic mass is 9.86. The minimum atomic E-state index is 0.134. The molecule has 2 saturated heterocycles. The summed E-state index contributed by atoms with van der Waals surface area (Å²) < 4.78 is 0. The maximum Gasteiger partial charge on any atom is 0.253 e. The van der Waals surface area contributed by atoms with Crippen molar-refractivity contribution in [2.75, 3.05) is 26.2 Å². The molecule has 2 heterocycles. The smallest absolute Gasteiger partial charge is 0.253 e. The van der Waals surface area contributed by atoms with Gasteiger partial charge in [-0.2, -0.15) is 0 Å². The lowest BCUT2D eigenvalue weighted by Gasteiger charge is -2.22. The van der Waals surface area contributed by atoms with Gasteiger partial charge in [0.05, 0.1) is 0 Å². The van der Waals surface area contributed by atoms with Gasteiger partial charge in [-0.05, 0) is 60.9 Å². The van der Waals surface area contributed by atoms with Crippen molar-refractivity contribution in [3.63, 3.8) is 0 Å². The standard InChI is InChI=1S/C19H28N2O/c1-19(2,3)17-6-4-14(5-7-17)18(22)21-10-8-15-12-20-13-16(15)9-11-21/h4-7,15-16,20H,8-13H2,1-3H3/t15-,16+. The van der Waals surface area contributed by atoms with Crippen molar-refractivity contribution in [2.24, 2.45) is 11.8 Å². The normalized spacial score (nSPS) is 25.7. The molecule has 0 spiro atoms. The first-order chi connectivity index (χ1) is 10.4. The van der Waals surface area contributed by atoms with E-state index in [2.05, 4.69) is 43.1 Å². The van der Waals surface area contributed by atoms with Crippen LogP contribution in [0.15, 0.2) is 24.3 Å². The zero-order valence-electron chi connectivity index (χ0n) is 14.1. The quantitative estimate of drug-likeness (QED) is 0.864. The zero-order valence-corrected chi connectivity index (χ0v) is 14.1. The molecule has 2 atom stereocenters. The maximum atomic E-state index is 12.7. The van der Waals surface area contributed by atoms with Gasteiger partial charge >= 0.3 is 0 Å². The number of benzene rings is 1. The Kier molecular flexibility index (Phi) is 4.26. The summed E-state index contributed by atoms with van der Waals surface area (Å²) in [6, 6.07) is 8.19. The van der Waals surface area contributed by atoms with Crippen LogP contribution in [-0.2, 0) is 5.41 Å². The lowest BCUT2D eigenvalue weighted by molar-refractivity contribution is 0.0758. The van der Waals surface area contributed by atoms with Crippen molar-refractivity contribution in [1.29, 1.82) is 0 Å². The SMILES string of the molecule is CC(C)(C)c1ccc(C(=O)N2CC[C@@H]3CNC[C@@H]3CC2)cc1. The summed E-state index contributed by atoms with van der Waals surface area (Å²) in [4.78, 5) is 14.8. The zero-order chi connectivity index (χ0) is 15.7. The van der Waals surface area contributed by atoms with Crippen LogP contribution in [0.25, 0.3) is 0 Å². The summed E-state index contributed by atoms with van der Waals surface area (Å²) in [6.07, 6.45) is 2.28. The third-order valence-electron chi connectivity index (χ3n) is 5.30. The molecule has 0 bridgehead atoms. The van der Waals surface area contributed by atoms with Crippen LogP contribution in [0.4, 0.5) is 0 Å². The number of nitrogens with one attached hydrogen (secondary N) is 1. The van der Waals surface area contributed by atoms with Crippen LogP contribution in [0.5, 0.6) is 0 Å². The monoisotopic (exact) mass is 300 g/mol. The van der Waals surface area contributed by atoms with Crippen LogP contribution < -0.4 is 5.32 Å². The van der Waals surface area contributed by atoms with Gasteiger partial charge in [0, 0.05) is 18.7 Å². The summed E-state index contributed by atoms with van der Waals surface area (Å²) in [5.74, 6) is 1.73. The van der Waals surface area contributed by atoms with Crippen molar-refractivity contribution in [3.05, 3.63) is 35.4 Å². The molecule has 120 valence electrons. The number of carbonyl (C=O) groups is 1. The van der Waals surface area contributed by atoms with Gasteiger partial charge < -0.3 is 10.2 Å².